The van der Waals surface area contributed by atoms with Crippen molar-refractivity contribution in [3.05, 3.63) is 41.7 Å². The molecule has 0 radical (unpaired) electrons. The lowest BCUT2D eigenvalue weighted by Crippen LogP contribution is -2.37. The number of para-hydroxylation sites is 1. The number of hydrogen-bond acceptors (Lipinski definition) is 4. The normalized spacial score (nSPS) is 12.9. The average molecular weight is 327 g/mol. The highest BCUT2D eigenvalue weighted by molar-refractivity contribution is 5.91. The van der Waals surface area contributed by atoms with Gasteiger partial charge in [-0.3, -0.25) is 4.79 Å². The molecule has 1 atom stereocenters. The zero-order valence-corrected chi connectivity index (χ0v) is 12.6. The first-order valence-corrected chi connectivity index (χ1v) is 6.87. The summed E-state index contributed by atoms with van der Waals surface area (Å²) in [6, 6.07) is 5.02. The fourth-order valence-corrected chi connectivity index (χ4v) is 1.84. The number of nitrogens with one attached hydrogen (secondary N) is 2. The zero-order valence-electron chi connectivity index (χ0n) is 12.6. The van der Waals surface area contributed by atoms with Gasteiger partial charge in [-0.25, -0.2) is 4.68 Å². The highest BCUT2D eigenvalue weighted by atomic mass is 19.4. The molecule has 0 aliphatic carbocycles. The Balaban J connectivity index is 2.22. The number of amides is 1. The molecule has 1 aromatic carbocycles. The van der Waals surface area contributed by atoms with Crippen LogP contribution >= 0.6 is 0 Å². The van der Waals surface area contributed by atoms with Gasteiger partial charge in [-0.05, 0) is 26.1 Å². The second-order valence-corrected chi connectivity index (χ2v) is 4.96. The van der Waals surface area contributed by atoms with Gasteiger partial charge >= 0.3 is 6.18 Å². The van der Waals surface area contributed by atoms with Crippen LogP contribution in [0.15, 0.2) is 30.5 Å². The van der Waals surface area contributed by atoms with Crippen LogP contribution in [0.2, 0.25) is 0 Å². The maximum Gasteiger partial charge on any atom is 0.418 e. The van der Waals surface area contributed by atoms with Crippen molar-refractivity contribution in [3.8, 4) is 5.69 Å². The number of rotatable bonds is 5. The molecule has 9 heteroatoms. The minimum atomic E-state index is -4.52. The molecular weight excluding hydrogens is 311 g/mol. The van der Waals surface area contributed by atoms with E-state index in [-0.39, 0.29) is 17.4 Å². The second kappa shape index (κ2) is 6.78. The lowest BCUT2D eigenvalue weighted by atomic mass is 10.1. The number of likely N-dealkylation sites (N-methyl/N-ethyl adjacent to an activating group) is 1. The molecule has 1 amide bonds. The highest BCUT2D eigenvalue weighted by Gasteiger charge is 2.34. The summed E-state index contributed by atoms with van der Waals surface area (Å²) >= 11 is 0. The fourth-order valence-electron chi connectivity index (χ4n) is 1.84. The van der Waals surface area contributed by atoms with Gasteiger partial charge in [0.15, 0.2) is 5.69 Å². The molecule has 1 aromatic heterocycles. The minimum absolute atomic E-state index is 0.0507. The Kier molecular flexibility index (Phi) is 4.99. The summed E-state index contributed by atoms with van der Waals surface area (Å²) in [6.45, 7) is 2.23. The van der Waals surface area contributed by atoms with Gasteiger partial charge in [-0.1, -0.05) is 17.3 Å². The van der Waals surface area contributed by atoms with Crippen LogP contribution in [-0.2, 0) is 6.18 Å². The number of carbonyl (C=O) groups is 1. The van der Waals surface area contributed by atoms with E-state index < -0.39 is 17.6 Å². The molecule has 0 bridgehead atoms. The van der Waals surface area contributed by atoms with Crippen LogP contribution in [0.3, 0.4) is 0 Å². The van der Waals surface area contributed by atoms with Gasteiger partial charge in [-0.15, -0.1) is 5.10 Å². The Bertz CT molecular complexity index is 683. The van der Waals surface area contributed by atoms with Crippen LogP contribution in [0, 0.1) is 0 Å². The Morgan fingerprint density at radius 1 is 1.35 bits per heavy atom. The molecule has 0 saturated carbocycles. The topological polar surface area (TPSA) is 71.8 Å². The van der Waals surface area contributed by atoms with Crippen molar-refractivity contribution in [2.75, 3.05) is 13.6 Å². The molecule has 0 aliphatic heterocycles. The van der Waals surface area contributed by atoms with Crippen molar-refractivity contribution < 1.29 is 18.0 Å². The van der Waals surface area contributed by atoms with E-state index in [1.807, 2.05) is 6.92 Å². The molecule has 23 heavy (non-hydrogen) atoms. The molecule has 0 saturated heterocycles. The highest BCUT2D eigenvalue weighted by Crippen LogP contribution is 2.33. The van der Waals surface area contributed by atoms with E-state index in [1.165, 1.54) is 24.4 Å². The predicted molar refractivity (Wildman–Crippen MR) is 77.2 cm³/mol. The average Bonchev–Trinajstić information content (AvgIpc) is 3.01. The summed E-state index contributed by atoms with van der Waals surface area (Å²) in [5.74, 6) is -0.497. The Morgan fingerprint density at radius 3 is 2.70 bits per heavy atom. The van der Waals surface area contributed by atoms with Crippen molar-refractivity contribution in [1.29, 1.82) is 0 Å². The van der Waals surface area contributed by atoms with E-state index in [9.17, 15) is 18.0 Å². The van der Waals surface area contributed by atoms with E-state index in [0.29, 0.717) is 6.54 Å². The van der Waals surface area contributed by atoms with E-state index in [2.05, 4.69) is 20.9 Å². The van der Waals surface area contributed by atoms with Crippen LogP contribution in [0.25, 0.3) is 5.69 Å². The monoisotopic (exact) mass is 327 g/mol. The minimum Gasteiger partial charge on any atom is -0.349 e. The van der Waals surface area contributed by atoms with Crippen molar-refractivity contribution in [1.82, 2.24) is 25.6 Å². The summed E-state index contributed by atoms with van der Waals surface area (Å²) in [4.78, 5) is 11.9. The SMILES string of the molecule is CNC(C)CNC(=O)c1cn(-c2ccccc2C(F)(F)F)nn1. The van der Waals surface area contributed by atoms with Crippen molar-refractivity contribution >= 4 is 5.91 Å². The molecule has 0 aliphatic rings. The largest absolute Gasteiger partial charge is 0.418 e. The van der Waals surface area contributed by atoms with Crippen LogP contribution in [0.1, 0.15) is 23.0 Å². The van der Waals surface area contributed by atoms with E-state index in [0.717, 1.165) is 10.7 Å². The van der Waals surface area contributed by atoms with Crippen LogP contribution in [0.5, 0.6) is 0 Å². The second-order valence-electron chi connectivity index (χ2n) is 4.96. The number of aromatic nitrogens is 3. The Labute approximate surface area is 130 Å². The number of alkyl halides is 3. The van der Waals surface area contributed by atoms with E-state index >= 15 is 0 Å². The smallest absolute Gasteiger partial charge is 0.349 e. The molecule has 0 fully saturated rings. The summed E-state index contributed by atoms with van der Waals surface area (Å²) in [6.07, 6.45) is -3.35. The summed E-state index contributed by atoms with van der Waals surface area (Å²) < 4.78 is 39.9. The summed E-state index contributed by atoms with van der Waals surface area (Å²) in [7, 11) is 1.75. The zero-order chi connectivity index (χ0) is 17.0. The maximum atomic E-state index is 13.0. The number of hydrogen-bond donors (Lipinski definition) is 2. The van der Waals surface area contributed by atoms with Crippen LogP contribution in [-0.4, -0.2) is 40.5 Å². The lowest BCUT2D eigenvalue weighted by molar-refractivity contribution is -0.137. The van der Waals surface area contributed by atoms with Crippen LogP contribution in [0.4, 0.5) is 13.2 Å². The van der Waals surface area contributed by atoms with Gasteiger partial charge in [0, 0.05) is 12.6 Å². The Morgan fingerprint density at radius 2 is 2.04 bits per heavy atom. The van der Waals surface area contributed by atoms with Gasteiger partial charge in [-0.2, -0.15) is 13.2 Å². The third-order valence-electron chi connectivity index (χ3n) is 3.24. The van der Waals surface area contributed by atoms with Gasteiger partial charge in [0.05, 0.1) is 17.4 Å². The van der Waals surface area contributed by atoms with Crippen molar-refractivity contribution in [3.63, 3.8) is 0 Å². The standard InChI is InChI=1S/C14H16F3N5O/c1-9(18-2)7-19-13(23)11-8-22(21-20-11)12-6-4-3-5-10(12)14(15,16)17/h3-6,8-9,18H,7H2,1-2H3,(H,19,23). The van der Waals surface area contributed by atoms with E-state index in [1.54, 1.807) is 7.05 Å². The van der Waals surface area contributed by atoms with Gasteiger partial charge in [0.25, 0.3) is 5.91 Å². The summed E-state index contributed by atoms with van der Waals surface area (Å²) in [5.41, 5.74) is -1.08. The number of benzene rings is 1. The molecule has 1 heterocycles. The molecule has 2 rings (SSSR count). The predicted octanol–water partition coefficient (Wildman–Crippen LogP) is 1.62. The number of nitrogens with zero attached hydrogens (tertiary/aromatic N) is 3. The maximum absolute atomic E-state index is 13.0. The summed E-state index contributed by atoms with van der Waals surface area (Å²) in [5, 5.41) is 12.8. The number of halogens is 3. The number of carbonyl (C=O) groups excluding carboxylic acids is 1. The Hall–Kier alpha value is -2.42. The lowest BCUT2D eigenvalue weighted by Gasteiger charge is -2.11. The quantitative estimate of drug-likeness (QED) is 0.875. The van der Waals surface area contributed by atoms with Gasteiger partial charge < -0.3 is 10.6 Å². The first-order valence-electron chi connectivity index (χ1n) is 6.87. The first kappa shape index (κ1) is 16.9. The molecule has 2 aromatic rings. The molecular formula is C14H16F3N5O. The first-order chi connectivity index (χ1) is 10.8. The van der Waals surface area contributed by atoms with Gasteiger partial charge in [0.2, 0.25) is 0 Å². The molecule has 6 nitrogen and oxygen atoms in total. The van der Waals surface area contributed by atoms with Crippen LogP contribution < -0.4 is 10.6 Å². The van der Waals surface area contributed by atoms with E-state index in [4.69, 9.17) is 0 Å². The van der Waals surface area contributed by atoms with Crippen molar-refractivity contribution in [2.45, 2.75) is 19.1 Å². The third-order valence-corrected chi connectivity index (χ3v) is 3.24. The third kappa shape index (κ3) is 4.07. The van der Waals surface area contributed by atoms with Gasteiger partial charge in [0.1, 0.15) is 0 Å². The molecule has 124 valence electrons. The fraction of sp³-hybridized carbons (Fsp3) is 0.357. The molecule has 2 N–H and O–H groups in total. The van der Waals surface area contributed by atoms with Crippen molar-refractivity contribution in [2.24, 2.45) is 0 Å². The molecule has 1 unspecified atom stereocenters. The molecule has 0 spiro atoms.